The van der Waals surface area contributed by atoms with Crippen LogP contribution < -0.4 is 5.32 Å². The fourth-order valence-electron chi connectivity index (χ4n) is 4.05. The van der Waals surface area contributed by atoms with Crippen molar-refractivity contribution in [3.8, 4) is 0 Å². The van der Waals surface area contributed by atoms with Crippen molar-refractivity contribution in [2.75, 3.05) is 5.32 Å². The lowest BCUT2D eigenvalue weighted by molar-refractivity contribution is -0.137. The monoisotopic (exact) mass is 492 g/mol. The highest BCUT2D eigenvalue weighted by Crippen LogP contribution is 2.43. The van der Waals surface area contributed by atoms with Gasteiger partial charge in [0.1, 0.15) is 0 Å². The van der Waals surface area contributed by atoms with Crippen molar-refractivity contribution < 1.29 is 14.7 Å². The van der Waals surface area contributed by atoms with Crippen molar-refractivity contribution in [1.29, 1.82) is 0 Å². The number of hydrogen-bond acceptors (Lipinski definition) is 2. The number of nitrogens with one attached hydrogen (secondary N) is 2. The van der Waals surface area contributed by atoms with E-state index in [-0.39, 0.29) is 18.2 Å². The molecule has 1 atom stereocenters. The first-order chi connectivity index (χ1) is 12.8. The van der Waals surface area contributed by atoms with E-state index in [9.17, 15) is 14.7 Å². The number of carbonyl (C=O) groups excluding carboxylic acids is 1. The molecule has 4 rings (SSSR count). The minimum atomic E-state index is -0.775. The van der Waals surface area contributed by atoms with Gasteiger partial charge in [-0.1, -0.05) is 15.9 Å². The molecule has 2 aromatic rings. The van der Waals surface area contributed by atoms with Crippen LogP contribution in [-0.4, -0.2) is 22.0 Å². The molecule has 1 unspecified atom stereocenters. The Hall–Kier alpha value is -1.86. The number of benzene rings is 1. The van der Waals surface area contributed by atoms with E-state index >= 15 is 0 Å². The van der Waals surface area contributed by atoms with Crippen LogP contribution in [0.1, 0.15) is 53.3 Å². The molecule has 0 radical (unpaired) electrons. The van der Waals surface area contributed by atoms with Gasteiger partial charge in [-0.25, -0.2) is 0 Å². The van der Waals surface area contributed by atoms with E-state index in [1.807, 2.05) is 25.1 Å². The predicted molar refractivity (Wildman–Crippen MR) is 112 cm³/mol. The maximum absolute atomic E-state index is 12.6. The number of anilines is 1. The summed E-state index contributed by atoms with van der Waals surface area (Å²) in [4.78, 5) is 27.1. The minimum Gasteiger partial charge on any atom is -0.481 e. The summed E-state index contributed by atoms with van der Waals surface area (Å²) in [6.45, 7) is 1.98. The molecule has 27 heavy (non-hydrogen) atoms. The molecule has 0 fully saturated rings. The van der Waals surface area contributed by atoms with Gasteiger partial charge in [0.2, 0.25) is 0 Å². The number of aryl methyl sites for hydroxylation is 1. The van der Waals surface area contributed by atoms with Crippen LogP contribution in [0.2, 0.25) is 0 Å². The molecule has 5 nitrogen and oxygen atoms in total. The summed E-state index contributed by atoms with van der Waals surface area (Å²) in [6, 6.07) is 3.93. The molecule has 1 aromatic heterocycles. The minimum absolute atomic E-state index is 0.0318. The van der Waals surface area contributed by atoms with Crippen LogP contribution in [0.15, 0.2) is 21.1 Å². The number of hydrogen-bond donors (Lipinski definition) is 3. The number of carboxylic acid groups (broad SMARTS) is 1. The molecule has 2 aliphatic rings. The summed E-state index contributed by atoms with van der Waals surface area (Å²) in [5.74, 6) is -0.880. The van der Waals surface area contributed by atoms with Gasteiger partial charge >= 0.3 is 5.97 Å². The molecule has 1 aliphatic carbocycles. The number of aromatic amines is 1. The van der Waals surface area contributed by atoms with E-state index in [1.165, 1.54) is 0 Å². The third-order valence-electron chi connectivity index (χ3n) is 5.32. The van der Waals surface area contributed by atoms with Crippen molar-refractivity contribution in [1.82, 2.24) is 4.98 Å². The number of halogens is 2. The van der Waals surface area contributed by atoms with Crippen molar-refractivity contribution >= 4 is 61.1 Å². The van der Waals surface area contributed by atoms with E-state index in [0.29, 0.717) is 5.57 Å². The maximum atomic E-state index is 12.6. The van der Waals surface area contributed by atoms with E-state index in [1.54, 1.807) is 0 Å². The SMILES string of the molecule is Cc1c(Br)cc(Br)c2c1C(=Cc1cc3c([nH]1)CCCC3CC(=O)O)C(=O)N2. The van der Waals surface area contributed by atoms with Gasteiger partial charge in [0.25, 0.3) is 5.91 Å². The lowest BCUT2D eigenvalue weighted by atomic mass is 9.85. The van der Waals surface area contributed by atoms with E-state index in [0.717, 1.165) is 62.0 Å². The molecule has 140 valence electrons. The Bertz CT molecular complexity index is 1010. The molecule has 0 saturated carbocycles. The van der Waals surface area contributed by atoms with Crippen LogP contribution in [0, 0.1) is 6.92 Å². The van der Waals surface area contributed by atoms with Crippen molar-refractivity contribution in [3.63, 3.8) is 0 Å². The standard InChI is InChI=1S/C20H18Br2N2O3/c1-9-14(21)8-15(22)19-18(9)13(20(27)24-19)7-11-6-12-10(5-17(25)26)3-2-4-16(12)23-11/h6-8,10,23H,2-5H2,1H3,(H,24,27)(H,25,26). The summed E-state index contributed by atoms with van der Waals surface area (Å²) in [7, 11) is 0. The average Bonchev–Trinajstić information content (AvgIpc) is 3.15. The fourth-order valence-corrected chi connectivity index (χ4v) is 5.31. The zero-order valence-corrected chi connectivity index (χ0v) is 17.8. The second kappa shape index (κ2) is 6.95. The Morgan fingerprint density at radius 2 is 2.11 bits per heavy atom. The fraction of sp³-hybridized carbons (Fsp3) is 0.300. The van der Waals surface area contributed by atoms with Gasteiger partial charge in [-0.2, -0.15) is 0 Å². The third kappa shape index (κ3) is 3.27. The summed E-state index contributed by atoms with van der Waals surface area (Å²) >= 11 is 7.06. The molecule has 1 aliphatic heterocycles. The topological polar surface area (TPSA) is 82.2 Å². The number of aromatic nitrogens is 1. The largest absolute Gasteiger partial charge is 0.481 e. The highest BCUT2D eigenvalue weighted by molar-refractivity contribution is 9.11. The Balaban J connectivity index is 1.78. The van der Waals surface area contributed by atoms with E-state index in [4.69, 9.17) is 0 Å². The lowest BCUT2D eigenvalue weighted by Crippen LogP contribution is -2.12. The maximum Gasteiger partial charge on any atom is 0.303 e. The van der Waals surface area contributed by atoms with Gasteiger partial charge in [-0.15, -0.1) is 0 Å². The van der Waals surface area contributed by atoms with Crippen LogP contribution in [0.5, 0.6) is 0 Å². The molecular formula is C20H18Br2N2O3. The smallest absolute Gasteiger partial charge is 0.303 e. The van der Waals surface area contributed by atoms with Crippen LogP contribution in [0.25, 0.3) is 11.6 Å². The molecule has 0 saturated heterocycles. The number of H-pyrrole nitrogens is 1. The molecule has 2 heterocycles. The second-order valence-corrected chi connectivity index (χ2v) is 8.78. The van der Waals surface area contributed by atoms with Gasteiger partial charge < -0.3 is 15.4 Å². The van der Waals surface area contributed by atoms with E-state index in [2.05, 4.69) is 42.2 Å². The highest BCUT2D eigenvalue weighted by Gasteiger charge is 2.30. The molecular weight excluding hydrogens is 476 g/mol. The van der Waals surface area contributed by atoms with Crippen LogP contribution >= 0.6 is 31.9 Å². The highest BCUT2D eigenvalue weighted by atomic mass is 79.9. The molecule has 3 N–H and O–H groups in total. The quantitative estimate of drug-likeness (QED) is 0.511. The number of carboxylic acids is 1. The van der Waals surface area contributed by atoms with Crippen LogP contribution in [-0.2, 0) is 16.0 Å². The normalized spacial score (nSPS) is 19.7. The number of amides is 1. The molecule has 7 heteroatoms. The number of rotatable bonds is 3. The van der Waals surface area contributed by atoms with Gasteiger partial charge in [0.05, 0.1) is 17.7 Å². The summed E-state index contributed by atoms with van der Waals surface area (Å²) in [5.41, 5.74) is 6.27. The van der Waals surface area contributed by atoms with Crippen LogP contribution in [0.4, 0.5) is 5.69 Å². The summed E-state index contributed by atoms with van der Waals surface area (Å²) < 4.78 is 1.77. The number of aliphatic carboxylic acids is 1. The van der Waals surface area contributed by atoms with Gasteiger partial charge in [0.15, 0.2) is 0 Å². The van der Waals surface area contributed by atoms with Gasteiger partial charge in [-0.3, -0.25) is 9.59 Å². The summed E-state index contributed by atoms with van der Waals surface area (Å²) in [5, 5.41) is 12.1. The molecule has 1 aromatic carbocycles. The van der Waals surface area contributed by atoms with Crippen molar-refractivity contribution in [2.45, 2.75) is 38.5 Å². The first-order valence-electron chi connectivity index (χ1n) is 8.80. The Kier molecular flexibility index (Phi) is 4.76. The van der Waals surface area contributed by atoms with Crippen LogP contribution in [0.3, 0.4) is 0 Å². The van der Waals surface area contributed by atoms with E-state index < -0.39 is 5.97 Å². The Morgan fingerprint density at radius 1 is 1.33 bits per heavy atom. The van der Waals surface area contributed by atoms with Gasteiger partial charge in [-0.05, 0) is 77.4 Å². The average molecular weight is 494 g/mol. The summed E-state index contributed by atoms with van der Waals surface area (Å²) in [6.07, 6.45) is 4.78. The Morgan fingerprint density at radius 3 is 2.85 bits per heavy atom. The second-order valence-electron chi connectivity index (χ2n) is 7.07. The zero-order chi connectivity index (χ0) is 19.3. The first kappa shape index (κ1) is 18.5. The third-order valence-corrected chi connectivity index (χ3v) is 6.77. The molecule has 0 bridgehead atoms. The van der Waals surface area contributed by atoms with Crippen molar-refractivity contribution in [3.05, 3.63) is 49.2 Å². The first-order valence-corrected chi connectivity index (χ1v) is 10.4. The predicted octanol–water partition coefficient (Wildman–Crippen LogP) is 5.24. The molecule has 1 amide bonds. The Labute approximate surface area is 173 Å². The van der Waals surface area contributed by atoms with Gasteiger partial charge in [0, 0.05) is 25.9 Å². The molecule has 0 spiro atoms. The lowest BCUT2D eigenvalue weighted by Gasteiger charge is -2.20. The van der Waals surface area contributed by atoms with Crippen molar-refractivity contribution in [2.24, 2.45) is 0 Å². The number of fused-ring (bicyclic) bond motifs is 2. The zero-order valence-electron chi connectivity index (χ0n) is 14.7. The number of carbonyl (C=O) groups is 2.